The average Bonchev–Trinajstić information content (AvgIpc) is 2.29. The van der Waals surface area contributed by atoms with E-state index in [2.05, 4.69) is 70.7 Å². The Labute approximate surface area is 106 Å². The van der Waals surface area contributed by atoms with Gasteiger partial charge in [0.25, 0.3) is 0 Å². The molecule has 0 nitrogen and oxygen atoms in total. The Hall–Kier alpha value is -1.30. The van der Waals surface area contributed by atoms with Crippen LogP contribution in [0.15, 0.2) is 59.8 Å². The zero-order valence-electron chi connectivity index (χ0n) is 11.5. The Balaban J connectivity index is 2.73. The topological polar surface area (TPSA) is 0 Å². The summed E-state index contributed by atoms with van der Waals surface area (Å²) in [6, 6.07) is 0. The fourth-order valence-corrected chi connectivity index (χ4v) is 2.01. The van der Waals surface area contributed by atoms with E-state index in [0.29, 0.717) is 11.8 Å². The Kier molecular flexibility index (Phi) is 5.21. The fourth-order valence-electron chi connectivity index (χ4n) is 2.01. The highest BCUT2D eigenvalue weighted by atomic mass is 14.2. The third-order valence-corrected chi connectivity index (χ3v) is 3.22. The lowest BCUT2D eigenvalue weighted by Crippen LogP contribution is -2.08. The number of allylic oxidation sites excluding steroid dienone is 9. The van der Waals surface area contributed by atoms with E-state index in [1.165, 1.54) is 11.1 Å². The van der Waals surface area contributed by atoms with Gasteiger partial charge in [0, 0.05) is 5.92 Å². The summed E-state index contributed by atoms with van der Waals surface area (Å²) in [5.74, 6) is 1.09. The highest BCUT2D eigenvalue weighted by Gasteiger charge is 2.13. The van der Waals surface area contributed by atoms with Gasteiger partial charge in [0.15, 0.2) is 0 Å². The Morgan fingerprint density at radius 1 is 1.47 bits per heavy atom. The average molecular weight is 228 g/mol. The molecule has 0 aromatic heterocycles. The molecular weight excluding hydrogens is 204 g/mol. The molecule has 0 N–H and O–H groups in total. The fraction of sp³-hybridized carbons (Fsp3) is 0.412. The summed E-state index contributed by atoms with van der Waals surface area (Å²) >= 11 is 0. The first-order valence-electron chi connectivity index (χ1n) is 6.45. The van der Waals surface area contributed by atoms with Gasteiger partial charge in [0.2, 0.25) is 0 Å². The van der Waals surface area contributed by atoms with Gasteiger partial charge in [0.05, 0.1) is 0 Å². The second-order valence-corrected chi connectivity index (χ2v) is 4.89. The maximum atomic E-state index is 4.10. The van der Waals surface area contributed by atoms with Crippen LogP contribution in [0.5, 0.6) is 0 Å². The minimum atomic E-state index is 0.505. The van der Waals surface area contributed by atoms with Gasteiger partial charge in [0.1, 0.15) is 0 Å². The van der Waals surface area contributed by atoms with Crippen LogP contribution < -0.4 is 0 Å². The van der Waals surface area contributed by atoms with E-state index < -0.39 is 0 Å². The molecule has 1 aliphatic rings. The van der Waals surface area contributed by atoms with Crippen molar-refractivity contribution in [3.8, 4) is 0 Å². The van der Waals surface area contributed by atoms with E-state index in [9.17, 15) is 0 Å². The van der Waals surface area contributed by atoms with E-state index in [1.807, 2.05) is 0 Å². The molecule has 0 radical (unpaired) electrons. The van der Waals surface area contributed by atoms with Crippen LogP contribution >= 0.6 is 0 Å². The molecule has 0 aromatic carbocycles. The third kappa shape index (κ3) is 4.22. The molecule has 0 fully saturated rings. The summed E-state index contributed by atoms with van der Waals surface area (Å²) in [5.41, 5.74) is 3.77. The highest BCUT2D eigenvalue weighted by Crippen LogP contribution is 2.26. The molecule has 0 bridgehead atoms. The molecule has 0 aliphatic heterocycles. The lowest BCUT2D eigenvalue weighted by Gasteiger charge is -2.20. The van der Waals surface area contributed by atoms with Crippen molar-refractivity contribution < 1.29 is 0 Å². The van der Waals surface area contributed by atoms with Crippen LogP contribution in [-0.4, -0.2) is 0 Å². The van der Waals surface area contributed by atoms with E-state index in [-0.39, 0.29) is 0 Å². The summed E-state index contributed by atoms with van der Waals surface area (Å²) in [5, 5.41) is 0. The summed E-state index contributed by atoms with van der Waals surface area (Å²) in [6.07, 6.45) is 14.5. The highest BCUT2D eigenvalue weighted by molar-refractivity contribution is 5.38. The van der Waals surface area contributed by atoms with E-state index in [4.69, 9.17) is 0 Å². The van der Waals surface area contributed by atoms with Crippen LogP contribution in [0.25, 0.3) is 0 Å². The predicted molar refractivity (Wildman–Crippen MR) is 77.9 cm³/mol. The second kappa shape index (κ2) is 6.44. The smallest absolute Gasteiger partial charge is 0.00161 e. The molecule has 0 spiro atoms. The van der Waals surface area contributed by atoms with Crippen LogP contribution in [0.3, 0.4) is 0 Å². The van der Waals surface area contributed by atoms with Crippen molar-refractivity contribution in [2.75, 3.05) is 0 Å². The van der Waals surface area contributed by atoms with E-state index >= 15 is 0 Å². The molecule has 0 aromatic rings. The Morgan fingerprint density at radius 2 is 2.18 bits per heavy atom. The Morgan fingerprint density at radius 3 is 2.76 bits per heavy atom. The maximum absolute atomic E-state index is 4.10. The molecule has 0 heterocycles. The molecule has 17 heavy (non-hydrogen) atoms. The van der Waals surface area contributed by atoms with Gasteiger partial charge in [-0.05, 0) is 37.3 Å². The van der Waals surface area contributed by atoms with Gasteiger partial charge < -0.3 is 0 Å². The van der Waals surface area contributed by atoms with Crippen molar-refractivity contribution in [1.29, 1.82) is 0 Å². The Bertz CT molecular complexity index is 388. The van der Waals surface area contributed by atoms with Gasteiger partial charge in [-0.1, -0.05) is 62.5 Å². The SMILES string of the molecule is C=C(/C=C/CC)/C(C)=C\C1C=CC(C)=CC1C. The monoisotopic (exact) mass is 228 g/mol. The lowest BCUT2D eigenvalue weighted by atomic mass is 9.85. The zero-order valence-corrected chi connectivity index (χ0v) is 11.5. The molecule has 1 aliphatic carbocycles. The molecule has 0 saturated heterocycles. The number of hydrogen-bond acceptors (Lipinski definition) is 0. The van der Waals surface area contributed by atoms with Crippen LogP contribution in [0.1, 0.15) is 34.1 Å². The standard InChI is InChI=1S/C17H24/c1-6-7-8-14(3)15(4)12-17-10-9-13(2)11-16(17)5/h7-12,16-17H,3,6H2,1-2,4-5H3/b8-7+,15-12-. The number of hydrogen-bond donors (Lipinski definition) is 0. The normalized spacial score (nSPS) is 25.2. The van der Waals surface area contributed by atoms with Crippen molar-refractivity contribution in [2.45, 2.75) is 34.1 Å². The van der Waals surface area contributed by atoms with E-state index in [1.54, 1.807) is 0 Å². The summed E-state index contributed by atoms with van der Waals surface area (Å²) < 4.78 is 0. The summed E-state index contributed by atoms with van der Waals surface area (Å²) in [7, 11) is 0. The first-order valence-corrected chi connectivity index (χ1v) is 6.45. The summed E-state index contributed by atoms with van der Waals surface area (Å²) in [6.45, 7) is 12.8. The molecule has 0 saturated carbocycles. The molecule has 2 unspecified atom stereocenters. The van der Waals surface area contributed by atoms with Gasteiger partial charge in [-0.2, -0.15) is 0 Å². The van der Waals surface area contributed by atoms with Crippen molar-refractivity contribution in [3.63, 3.8) is 0 Å². The molecule has 0 heteroatoms. The third-order valence-electron chi connectivity index (χ3n) is 3.22. The minimum absolute atomic E-state index is 0.505. The lowest BCUT2D eigenvalue weighted by molar-refractivity contribution is 0.598. The largest absolute Gasteiger partial charge is 0.0915 e. The predicted octanol–water partition coefficient (Wildman–Crippen LogP) is 5.22. The summed E-state index contributed by atoms with van der Waals surface area (Å²) in [4.78, 5) is 0. The molecule has 0 amide bonds. The molecule has 1 rings (SSSR count). The van der Waals surface area contributed by atoms with Crippen molar-refractivity contribution in [3.05, 3.63) is 59.8 Å². The first kappa shape index (κ1) is 13.8. The maximum Gasteiger partial charge on any atom is 0.00161 e. The first-order chi connectivity index (χ1) is 8.04. The van der Waals surface area contributed by atoms with Gasteiger partial charge in [-0.15, -0.1) is 0 Å². The molecule has 2 atom stereocenters. The molecular formula is C17H24. The van der Waals surface area contributed by atoms with Gasteiger partial charge in [-0.3, -0.25) is 0 Å². The van der Waals surface area contributed by atoms with Crippen LogP contribution in [-0.2, 0) is 0 Å². The minimum Gasteiger partial charge on any atom is -0.0915 e. The van der Waals surface area contributed by atoms with Crippen molar-refractivity contribution in [2.24, 2.45) is 11.8 Å². The van der Waals surface area contributed by atoms with Gasteiger partial charge >= 0.3 is 0 Å². The quantitative estimate of drug-likeness (QED) is 0.578. The van der Waals surface area contributed by atoms with Crippen LogP contribution in [0.2, 0.25) is 0 Å². The van der Waals surface area contributed by atoms with Crippen LogP contribution in [0, 0.1) is 11.8 Å². The van der Waals surface area contributed by atoms with Crippen molar-refractivity contribution >= 4 is 0 Å². The number of rotatable bonds is 4. The zero-order chi connectivity index (χ0) is 12.8. The second-order valence-electron chi connectivity index (χ2n) is 4.89. The van der Waals surface area contributed by atoms with Crippen molar-refractivity contribution in [1.82, 2.24) is 0 Å². The van der Waals surface area contributed by atoms with Crippen LogP contribution in [0.4, 0.5) is 0 Å². The molecule has 92 valence electrons. The van der Waals surface area contributed by atoms with E-state index in [0.717, 1.165) is 12.0 Å². The van der Waals surface area contributed by atoms with Gasteiger partial charge in [-0.25, -0.2) is 0 Å².